The van der Waals surface area contributed by atoms with Crippen molar-refractivity contribution in [1.82, 2.24) is 0 Å². The van der Waals surface area contributed by atoms with Crippen LogP contribution in [0, 0.1) is 18.6 Å². The van der Waals surface area contributed by atoms with Gasteiger partial charge in [0.15, 0.2) is 5.78 Å². The third kappa shape index (κ3) is 4.24. The first-order valence-corrected chi connectivity index (χ1v) is 11.2. The zero-order valence-electron chi connectivity index (χ0n) is 20.2. The zero-order valence-corrected chi connectivity index (χ0v) is 20.2. The maximum absolute atomic E-state index is 16.5. The second-order valence-corrected chi connectivity index (χ2v) is 8.29. The monoisotopic (exact) mass is 494 g/mol. The smallest absolute Gasteiger partial charge is 0.339 e. The fourth-order valence-corrected chi connectivity index (χ4v) is 4.36. The SMILES string of the molecule is CCC(=O)c1c(-c2ccc(F)cc2)oc2cc(COC)c(-c3cc(C(=O)O)c(OC)cc3C)c(F)c12. The van der Waals surface area contributed by atoms with Gasteiger partial charge in [0.25, 0.3) is 0 Å². The number of halogens is 2. The van der Waals surface area contributed by atoms with Crippen LogP contribution in [0.5, 0.6) is 5.75 Å². The van der Waals surface area contributed by atoms with Crippen LogP contribution in [0.4, 0.5) is 8.78 Å². The van der Waals surface area contributed by atoms with E-state index in [2.05, 4.69) is 0 Å². The Labute approximate surface area is 206 Å². The summed E-state index contributed by atoms with van der Waals surface area (Å²) >= 11 is 0. The number of hydrogen-bond acceptors (Lipinski definition) is 5. The molecule has 0 aliphatic carbocycles. The fraction of sp³-hybridized carbons (Fsp3) is 0.214. The minimum atomic E-state index is -1.23. The van der Waals surface area contributed by atoms with Gasteiger partial charge in [-0.15, -0.1) is 0 Å². The van der Waals surface area contributed by atoms with Crippen molar-refractivity contribution in [3.63, 3.8) is 0 Å². The summed E-state index contributed by atoms with van der Waals surface area (Å²) in [5.41, 5.74) is 1.86. The lowest BCUT2D eigenvalue weighted by Gasteiger charge is -2.16. The number of ether oxygens (including phenoxy) is 2. The van der Waals surface area contributed by atoms with E-state index in [0.29, 0.717) is 22.3 Å². The molecule has 1 aromatic heterocycles. The van der Waals surface area contributed by atoms with Gasteiger partial charge in [0.05, 0.1) is 24.7 Å². The lowest BCUT2D eigenvalue weighted by Crippen LogP contribution is -2.05. The second-order valence-electron chi connectivity index (χ2n) is 8.29. The van der Waals surface area contributed by atoms with E-state index in [1.807, 2.05) is 0 Å². The lowest BCUT2D eigenvalue weighted by molar-refractivity contribution is 0.0693. The van der Waals surface area contributed by atoms with Crippen molar-refractivity contribution in [2.75, 3.05) is 14.2 Å². The van der Waals surface area contributed by atoms with Crippen LogP contribution in [-0.4, -0.2) is 31.1 Å². The Morgan fingerprint density at radius 2 is 1.75 bits per heavy atom. The molecule has 0 saturated heterocycles. The minimum Gasteiger partial charge on any atom is -0.496 e. The number of fused-ring (bicyclic) bond motifs is 1. The number of carboxylic acid groups (broad SMARTS) is 1. The van der Waals surface area contributed by atoms with Gasteiger partial charge >= 0.3 is 5.97 Å². The lowest BCUT2D eigenvalue weighted by atomic mass is 9.90. The number of rotatable bonds is 8. The molecule has 0 aliphatic rings. The van der Waals surface area contributed by atoms with Crippen LogP contribution in [-0.2, 0) is 11.3 Å². The molecule has 6 nitrogen and oxygen atoms in total. The topological polar surface area (TPSA) is 86.0 Å². The number of carbonyl (C=O) groups excluding carboxylic acids is 1. The van der Waals surface area contributed by atoms with E-state index < -0.39 is 17.6 Å². The van der Waals surface area contributed by atoms with E-state index in [4.69, 9.17) is 13.9 Å². The van der Waals surface area contributed by atoms with Crippen molar-refractivity contribution >= 4 is 22.7 Å². The predicted molar refractivity (Wildman–Crippen MR) is 131 cm³/mol. The Kier molecular flexibility index (Phi) is 6.90. The van der Waals surface area contributed by atoms with Gasteiger partial charge in [-0.05, 0) is 66.1 Å². The van der Waals surface area contributed by atoms with E-state index >= 15 is 4.39 Å². The number of carbonyl (C=O) groups is 2. The number of carboxylic acids is 1. The van der Waals surface area contributed by atoms with Gasteiger partial charge in [-0.2, -0.15) is 0 Å². The number of aromatic carboxylic acids is 1. The summed E-state index contributed by atoms with van der Waals surface area (Å²) in [6.07, 6.45) is 0.0855. The van der Waals surface area contributed by atoms with Crippen LogP contribution in [0.3, 0.4) is 0 Å². The van der Waals surface area contributed by atoms with Crippen LogP contribution in [0.15, 0.2) is 46.9 Å². The highest BCUT2D eigenvalue weighted by molar-refractivity contribution is 6.13. The van der Waals surface area contributed by atoms with E-state index in [9.17, 15) is 19.1 Å². The standard InChI is InChI=1S/C28H24F2O6/c1-5-20(31)24-25-22(36-27(24)15-6-8-17(29)9-7-15)11-16(13-34-3)23(26(25)30)18-12-19(28(32)33)21(35-4)10-14(18)2/h6-12H,5,13H2,1-4H3,(H,32,33). The highest BCUT2D eigenvalue weighted by Gasteiger charge is 2.28. The maximum atomic E-state index is 16.5. The summed E-state index contributed by atoms with van der Waals surface area (Å²) in [6, 6.07) is 9.84. The first-order chi connectivity index (χ1) is 17.2. The number of furan rings is 1. The van der Waals surface area contributed by atoms with Crippen LogP contribution >= 0.6 is 0 Å². The van der Waals surface area contributed by atoms with E-state index in [-0.39, 0.29) is 58.0 Å². The minimum absolute atomic E-state index is 0.000291. The molecular weight excluding hydrogens is 470 g/mol. The fourth-order valence-electron chi connectivity index (χ4n) is 4.36. The largest absolute Gasteiger partial charge is 0.496 e. The molecule has 0 radical (unpaired) electrons. The first-order valence-electron chi connectivity index (χ1n) is 11.2. The molecule has 4 rings (SSSR count). The Hall–Kier alpha value is -4.04. The van der Waals surface area contributed by atoms with E-state index in [1.165, 1.54) is 50.6 Å². The molecule has 1 N–H and O–H groups in total. The van der Waals surface area contributed by atoms with Crippen LogP contribution in [0.25, 0.3) is 33.4 Å². The predicted octanol–water partition coefficient (Wildman–Crippen LogP) is 6.80. The van der Waals surface area contributed by atoms with Crippen molar-refractivity contribution in [2.24, 2.45) is 0 Å². The van der Waals surface area contributed by atoms with Gasteiger partial charge in [-0.25, -0.2) is 13.6 Å². The van der Waals surface area contributed by atoms with Gasteiger partial charge < -0.3 is 19.0 Å². The van der Waals surface area contributed by atoms with E-state index in [1.54, 1.807) is 19.9 Å². The van der Waals surface area contributed by atoms with E-state index in [0.717, 1.165) is 0 Å². The average Bonchev–Trinajstić information content (AvgIpc) is 3.24. The third-order valence-corrected chi connectivity index (χ3v) is 6.05. The number of Topliss-reactive ketones (excluding diaryl/α,β-unsaturated/α-hetero) is 1. The Morgan fingerprint density at radius 3 is 2.33 bits per heavy atom. The van der Waals surface area contributed by atoms with Crippen molar-refractivity contribution in [1.29, 1.82) is 0 Å². The third-order valence-electron chi connectivity index (χ3n) is 6.05. The molecule has 0 spiro atoms. The van der Waals surface area contributed by atoms with Gasteiger partial charge in [0, 0.05) is 24.7 Å². The van der Waals surface area contributed by atoms with Crippen molar-refractivity contribution < 1.29 is 37.4 Å². The van der Waals surface area contributed by atoms with Crippen LogP contribution in [0.1, 0.15) is 45.2 Å². The van der Waals surface area contributed by atoms with Crippen LogP contribution in [0.2, 0.25) is 0 Å². The molecule has 0 unspecified atom stereocenters. The molecule has 3 aromatic carbocycles. The average molecular weight is 494 g/mol. The molecular formula is C28H24F2O6. The molecule has 4 aromatic rings. The molecule has 0 saturated carbocycles. The molecule has 8 heteroatoms. The number of ketones is 1. The van der Waals surface area contributed by atoms with Gasteiger partial charge in [0.2, 0.25) is 0 Å². The molecule has 0 atom stereocenters. The molecule has 0 aliphatic heterocycles. The van der Waals surface area contributed by atoms with Gasteiger partial charge in [-0.1, -0.05) is 6.92 Å². The van der Waals surface area contributed by atoms with Crippen molar-refractivity contribution in [3.05, 3.63) is 76.4 Å². The summed E-state index contributed by atoms with van der Waals surface area (Å²) in [7, 11) is 2.81. The quantitative estimate of drug-likeness (QED) is 0.271. The molecule has 186 valence electrons. The summed E-state index contributed by atoms with van der Waals surface area (Å²) in [6.45, 7) is 3.36. The summed E-state index contributed by atoms with van der Waals surface area (Å²) in [4.78, 5) is 24.9. The zero-order chi connectivity index (χ0) is 26.1. The molecule has 0 amide bonds. The van der Waals surface area contributed by atoms with Gasteiger partial charge in [0.1, 0.15) is 34.3 Å². The summed E-state index contributed by atoms with van der Waals surface area (Å²) in [5, 5.41) is 9.66. The Morgan fingerprint density at radius 1 is 1.06 bits per heavy atom. The normalized spacial score (nSPS) is 11.2. The Bertz CT molecular complexity index is 1480. The molecule has 1 heterocycles. The number of methoxy groups -OCH3 is 2. The number of aryl methyl sites for hydroxylation is 1. The van der Waals surface area contributed by atoms with Gasteiger partial charge in [-0.3, -0.25) is 4.79 Å². The summed E-state index contributed by atoms with van der Waals surface area (Å²) in [5.74, 6) is -2.51. The first kappa shape index (κ1) is 25.1. The van der Waals surface area contributed by atoms with Crippen molar-refractivity contribution in [2.45, 2.75) is 26.9 Å². The highest BCUT2D eigenvalue weighted by atomic mass is 19.1. The maximum Gasteiger partial charge on any atom is 0.339 e. The highest BCUT2D eigenvalue weighted by Crippen LogP contribution is 2.42. The number of hydrogen-bond donors (Lipinski definition) is 1. The number of benzene rings is 3. The van der Waals surface area contributed by atoms with Crippen molar-refractivity contribution in [3.8, 4) is 28.2 Å². The second kappa shape index (κ2) is 9.91. The summed E-state index contributed by atoms with van der Waals surface area (Å²) < 4.78 is 46.5. The molecule has 36 heavy (non-hydrogen) atoms. The Balaban J connectivity index is 2.11. The van der Waals surface area contributed by atoms with Crippen LogP contribution < -0.4 is 4.74 Å². The molecule has 0 bridgehead atoms. The molecule has 0 fully saturated rings.